The first-order chi connectivity index (χ1) is 5.70. The first kappa shape index (κ1) is 8.70. The molecule has 0 aliphatic heterocycles. The van der Waals surface area contributed by atoms with Crippen LogP contribution in [0.4, 0.5) is 8.78 Å². The number of nitrogens with one attached hydrogen (secondary N) is 1. The molecule has 0 radical (unpaired) electrons. The summed E-state index contributed by atoms with van der Waals surface area (Å²) in [5, 5.41) is 2.00. The summed E-state index contributed by atoms with van der Waals surface area (Å²) < 4.78 is 27.9. The highest BCUT2D eigenvalue weighted by Gasteiger charge is 2.10. The lowest BCUT2D eigenvalue weighted by Gasteiger charge is -2.00. The van der Waals surface area contributed by atoms with Gasteiger partial charge < -0.3 is 9.73 Å². The van der Waals surface area contributed by atoms with Crippen molar-refractivity contribution in [3.63, 3.8) is 0 Å². The smallest absolute Gasteiger partial charge is 0.287 e. The molecule has 1 aromatic rings. The molecule has 12 heavy (non-hydrogen) atoms. The molecule has 0 saturated heterocycles. The van der Waals surface area contributed by atoms with Crippen molar-refractivity contribution in [3.05, 3.63) is 24.2 Å². The Balaban J connectivity index is 2.40. The molecular formula is C7H7F2NO2. The van der Waals surface area contributed by atoms with Crippen LogP contribution in [-0.4, -0.2) is 18.9 Å². The molecule has 1 rings (SSSR count). The average Bonchev–Trinajstić information content (AvgIpc) is 2.51. The standard InChI is InChI=1S/C7H7F2NO2/c8-6(9)4-10-7(11)5-2-1-3-12-5/h1-3,6H,4H2,(H,10,11). The van der Waals surface area contributed by atoms with Gasteiger partial charge in [0.05, 0.1) is 12.8 Å². The summed E-state index contributed by atoms with van der Waals surface area (Å²) in [6.45, 7) is -0.653. The van der Waals surface area contributed by atoms with Gasteiger partial charge >= 0.3 is 0 Å². The zero-order valence-corrected chi connectivity index (χ0v) is 6.09. The highest BCUT2D eigenvalue weighted by molar-refractivity contribution is 5.91. The van der Waals surface area contributed by atoms with E-state index in [1.54, 1.807) is 0 Å². The average molecular weight is 175 g/mol. The highest BCUT2D eigenvalue weighted by Crippen LogP contribution is 1.99. The van der Waals surface area contributed by atoms with Gasteiger partial charge in [0.1, 0.15) is 0 Å². The Bertz CT molecular complexity index is 246. The molecule has 1 aromatic heterocycles. The van der Waals surface area contributed by atoms with Crippen molar-refractivity contribution in [1.29, 1.82) is 0 Å². The topological polar surface area (TPSA) is 42.2 Å². The zero-order valence-electron chi connectivity index (χ0n) is 6.09. The molecule has 1 heterocycles. The Kier molecular flexibility index (Phi) is 2.79. The maximum atomic E-state index is 11.6. The minimum Gasteiger partial charge on any atom is -0.459 e. The lowest BCUT2D eigenvalue weighted by molar-refractivity contribution is 0.0865. The first-order valence-electron chi connectivity index (χ1n) is 3.30. The predicted molar refractivity (Wildman–Crippen MR) is 37.0 cm³/mol. The van der Waals surface area contributed by atoms with Crippen LogP contribution in [0.2, 0.25) is 0 Å². The minimum absolute atomic E-state index is 0.0376. The van der Waals surface area contributed by atoms with Gasteiger partial charge in [-0.1, -0.05) is 0 Å². The van der Waals surface area contributed by atoms with Crippen molar-refractivity contribution in [2.24, 2.45) is 0 Å². The normalized spacial score (nSPS) is 10.2. The molecule has 0 fully saturated rings. The third-order valence-corrected chi connectivity index (χ3v) is 1.16. The molecule has 0 aliphatic rings. The molecule has 0 aliphatic carbocycles. The van der Waals surface area contributed by atoms with E-state index in [1.165, 1.54) is 18.4 Å². The van der Waals surface area contributed by atoms with Gasteiger partial charge in [0.15, 0.2) is 5.76 Å². The van der Waals surface area contributed by atoms with Crippen molar-refractivity contribution in [2.75, 3.05) is 6.54 Å². The Labute approximate surface area is 67.4 Å². The number of furan rings is 1. The summed E-state index contributed by atoms with van der Waals surface area (Å²) in [6.07, 6.45) is -1.24. The lowest BCUT2D eigenvalue weighted by Crippen LogP contribution is -2.27. The zero-order chi connectivity index (χ0) is 8.97. The summed E-state index contributed by atoms with van der Waals surface area (Å²) in [5.41, 5.74) is 0. The molecule has 1 amide bonds. The van der Waals surface area contributed by atoms with Gasteiger partial charge in [0, 0.05) is 0 Å². The summed E-state index contributed by atoms with van der Waals surface area (Å²) in [5.74, 6) is -0.587. The summed E-state index contributed by atoms with van der Waals surface area (Å²) in [6, 6.07) is 2.91. The van der Waals surface area contributed by atoms with Crippen molar-refractivity contribution in [3.8, 4) is 0 Å². The largest absolute Gasteiger partial charge is 0.459 e. The number of rotatable bonds is 3. The van der Waals surface area contributed by atoms with Crippen molar-refractivity contribution in [1.82, 2.24) is 5.32 Å². The first-order valence-corrected chi connectivity index (χ1v) is 3.30. The van der Waals surface area contributed by atoms with Crippen LogP contribution in [0.25, 0.3) is 0 Å². The molecule has 0 unspecified atom stereocenters. The van der Waals surface area contributed by atoms with E-state index in [9.17, 15) is 13.6 Å². The Hall–Kier alpha value is -1.39. The van der Waals surface area contributed by atoms with E-state index in [0.29, 0.717) is 0 Å². The summed E-state index contributed by atoms with van der Waals surface area (Å²) in [7, 11) is 0. The van der Waals surface area contributed by atoms with Crippen LogP contribution < -0.4 is 5.32 Å². The minimum atomic E-state index is -2.54. The summed E-state index contributed by atoms with van der Waals surface area (Å²) >= 11 is 0. The molecular weight excluding hydrogens is 168 g/mol. The molecule has 0 saturated carbocycles. The van der Waals surface area contributed by atoms with Gasteiger partial charge in [-0.2, -0.15) is 0 Å². The fourth-order valence-corrected chi connectivity index (χ4v) is 0.665. The van der Waals surface area contributed by atoms with E-state index in [2.05, 4.69) is 4.42 Å². The number of amides is 1. The van der Waals surface area contributed by atoms with Gasteiger partial charge in [0.25, 0.3) is 12.3 Å². The van der Waals surface area contributed by atoms with E-state index in [0.717, 1.165) is 0 Å². The van der Waals surface area contributed by atoms with Gasteiger partial charge in [-0.3, -0.25) is 4.79 Å². The fourth-order valence-electron chi connectivity index (χ4n) is 0.665. The third-order valence-electron chi connectivity index (χ3n) is 1.16. The van der Waals surface area contributed by atoms with Crippen LogP contribution in [-0.2, 0) is 0 Å². The predicted octanol–water partition coefficient (Wildman–Crippen LogP) is 1.27. The van der Waals surface area contributed by atoms with Gasteiger partial charge in [-0.15, -0.1) is 0 Å². The van der Waals surface area contributed by atoms with Gasteiger partial charge in [-0.25, -0.2) is 8.78 Å². The fraction of sp³-hybridized carbons (Fsp3) is 0.286. The van der Waals surface area contributed by atoms with Crippen molar-refractivity contribution >= 4 is 5.91 Å². The highest BCUT2D eigenvalue weighted by atomic mass is 19.3. The number of hydrogen-bond acceptors (Lipinski definition) is 2. The molecule has 66 valence electrons. The van der Waals surface area contributed by atoms with Gasteiger partial charge in [0.2, 0.25) is 0 Å². The molecule has 0 bridgehead atoms. The lowest BCUT2D eigenvalue weighted by atomic mass is 10.4. The number of carbonyl (C=O) groups is 1. The van der Waals surface area contributed by atoms with Crippen LogP contribution in [0.1, 0.15) is 10.6 Å². The molecule has 5 heteroatoms. The molecule has 1 N–H and O–H groups in total. The Morgan fingerprint density at radius 2 is 2.42 bits per heavy atom. The SMILES string of the molecule is O=C(NCC(F)F)c1ccco1. The third kappa shape index (κ3) is 2.34. The van der Waals surface area contributed by atoms with E-state index in [-0.39, 0.29) is 5.76 Å². The van der Waals surface area contributed by atoms with E-state index >= 15 is 0 Å². The maximum absolute atomic E-state index is 11.6. The van der Waals surface area contributed by atoms with E-state index in [1.807, 2.05) is 5.32 Å². The number of alkyl halides is 2. The Morgan fingerprint density at radius 1 is 1.67 bits per heavy atom. The monoisotopic (exact) mass is 175 g/mol. The van der Waals surface area contributed by atoms with Crippen LogP contribution in [0.15, 0.2) is 22.8 Å². The second-order valence-corrected chi connectivity index (χ2v) is 2.08. The number of halogens is 2. The molecule has 0 spiro atoms. The second kappa shape index (κ2) is 3.85. The number of carbonyl (C=O) groups excluding carboxylic acids is 1. The van der Waals surface area contributed by atoms with Crippen LogP contribution in [0, 0.1) is 0 Å². The maximum Gasteiger partial charge on any atom is 0.287 e. The summed E-state index contributed by atoms with van der Waals surface area (Å²) in [4.78, 5) is 10.9. The van der Waals surface area contributed by atoms with Crippen LogP contribution in [0.3, 0.4) is 0 Å². The Morgan fingerprint density at radius 3 is 2.92 bits per heavy atom. The second-order valence-electron chi connectivity index (χ2n) is 2.08. The molecule has 0 atom stereocenters. The van der Waals surface area contributed by atoms with E-state index < -0.39 is 18.9 Å². The number of hydrogen-bond donors (Lipinski definition) is 1. The van der Waals surface area contributed by atoms with Gasteiger partial charge in [-0.05, 0) is 12.1 Å². The van der Waals surface area contributed by atoms with E-state index in [4.69, 9.17) is 0 Å². The van der Waals surface area contributed by atoms with Crippen molar-refractivity contribution in [2.45, 2.75) is 6.43 Å². The van der Waals surface area contributed by atoms with Crippen LogP contribution >= 0.6 is 0 Å². The quantitative estimate of drug-likeness (QED) is 0.751. The van der Waals surface area contributed by atoms with Crippen LogP contribution in [0.5, 0.6) is 0 Å². The molecule has 3 nitrogen and oxygen atoms in total. The van der Waals surface area contributed by atoms with Crippen molar-refractivity contribution < 1.29 is 18.0 Å². The molecule has 0 aromatic carbocycles.